The maximum absolute atomic E-state index is 7.70. The van der Waals surface area contributed by atoms with Gasteiger partial charge in [0.1, 0.15) is 22.3 Å². The van der Waals surface area contributed by atoms with Gasteiger partial charge in [-0.2, -0.15) is 0 Å². The zero-order valence-corrected chi connectivity index (χ0v) is 60.4. The second kappa shape index (κ2) is 20.4. The fourth-order valence-electron chi connectivity index (χ4n) is 18.9. The first-order valence-corrected chi connectivity index (χ1v) is 37.0. The van der Waals surface area contributed by atoms with Gasteiger partial charge in [-0.25, -0.2) is 9.97 Å². The molecule has 0 unspecified atom stereocenters. The number of rotatable bonds is 5. The molecule has 104 heavy (non-hydrogen) atoms. The fraction of sp³-hybridized carbons (Fsp3) is 0.170. The SMILES string of the molecule is CC(C)(C)c1cc(B2c3c(ccc4c3oc3cccc(CC(C)(C)c5cc(B6c7c(ccc8c7oc7ccccc78)-n7c8c6ccc6cccc(c68)n6c8ccc9ccccc9c8nc76)cc(C(C)(C)C)c5)c34)-n3c4c2ccc2cccc(c24)n2c4c(ccc5ccccc54)nc32)cc(C(C)(C)C)c1. The summed E-state index contributed by atoms with van der Waals surface area (Å²) in [5, 5.41) is 14.0. The van der Waals surface area contributed by atoms with E-state index in [2.05, 4.69) is 331 Å². The third-order valence-corrected chi connectivity index (χ3v) is 24.0. The summed E-state index contributed by atoms with van der Waals surface area (Å²) in [6, 6.07) is 89.2. The van der Waals surface area contributed by atoms with Gasteiger partial charge in [-0.3, -0.25) is 17.9 Å². The van der Waals surface area contributed by atoms with Gasteiger partial charge in [0.2, 0.25) is 11.6 Å². The van der Waals surface area contributed by atoms with E-state index < -0.39 is 5.41 Å². The first-order valence-electron chi connectivity index (χ1n) is 37.0. The van der Waals surface area contributed by atoms with Crippen LogP contribution in [0.3, 0.4) is 0 Å². The monoisotopic (exact) mass is 1340 g/mol. The predicted molar refractivity (Wildman–Crippen MR) is 439 cm³/mol. The average molecular weight is 1340 g/mol. The largest absolute Gasteiger partial charge is 0.457 e. The number of hydrogen-bond donors (Lipinski definition) is 0. The number of benzene rings is 14. The Balaban J connectivity index is 0.772. The molecule has 0 amide bonds. The molecular weight excluding hydrogens is 1270 g/mol. The van der Waals surface area contributed by atoms with Crippen molar-refractivity contribution < 1.29 is 8.83 Å². The molecule has 0 bridgehead atoms. The minimum absolute atomic E-state index is 0.116. The number of furan rings is 2. The summed E-state index contributed by atoms with van der Waals surface area (Å²) >= 11 is 0. The van der Waals surface area contributed by atoms with Crippen molar-refractivity contribution in [3.05, 3.63) is 264 Å². The van der Waals surface area contributed by atoms with E-state index in [1.165, 1.54) is 98.4 Å². The Morgan fingerprint density at radius 1 is 0.356 bits per heavy atom. The van der Waals surface area contributed by atoms with Gasteiger partial charge in [0, 0.05) is 54.5 Å². The van der Waals surface area contributed by atoms with Crippen LogP contribution >= 0.6 is 0 Å². The molecule has 0 radical (unpaired) electrons. The van der Waals surface area contributed by atoms with E-state index in [-0.39, 0.29) is 29.7 Å². The van der Waals surface area contributed by atoms with Gasteiger partial charge >= 0.3 is 0 Å². The lowest BCUT2D eigenvalue weighted by atomic mass is 9.35. The second-order valence-electron chi connectivity index (χ2n) is 33.8. The molecule has 498 valence electrons. The van der Waals surface area contributed by atoms with E-state index in [0.29, 0.717) is 0 Å². The van der Waals surface area contributed by atoms with Crippen molar-refractivity contribution >= 4 is 189 Å². The number of hydrogen-bond acceptors (Lipinski definition) is 4. The molecule has 0 saturated carbocycles. The third-order valence-electron chi connectivity index (χ3n) is 24.0. The lowest BCUT2D eigenvalue weighted by molar-refractivity contribution is 0.519. The van der Waals surface area contributed by atoms with E-state index in [9.17, 15) is 0 Å². The van der Waals surface area contributed by atoms with Crippen LogP contribution in [0.4, 0.5) is 0 Å². The molecular formula is C94H74B2N6O2. The van der Waals surface area contributed by atoms with Crippen molar-refractivity contribution in [1.82, 2.24) is 27.9 Å². The molecule has 22 rings (SSSR count). The summed E-state index contributed by atoms with van der Waals surface area (Å²) in [5.74, 6) is 1.76. The van der Waals surface area contributed by atoms with Gasteiger partial charge in [-0.1, -0.05) is 263 Å². The van der Waals surface area contributed by atoms with Gasteiger partial charge in [0.25, 0.3) is 13.4 Å². The molecule has 0 atom stereocenters. The Bertz CT molecular complexity index is 7230. The van der Waals surface area contributed by atoms with Crippen LogP contribution < -0.4 is 32.8 Å². The summed E-state index contributed by atoms with van der Waals surface area (Å²) in [4.78, 5) is 11.4. The van der Waals surface area contributed by atoms with Crippen LogP contribution in [0.15, 0.2) is 245 Å². The zero-order chi connectivity index (χ0) is 70.1. The maximum atomic E-state index is 7.70. The smallest absolute Gasteiger partial charge is 0.251 e. The third kappa shape index (κ3) is 8.11. The van der Waals surface area contributed by atoms with E-state index in [0.717, 1.165) is 123 Å². The van der Waals surface area contributed by atoms with Gasteiger partial charge in [0.05, 0.1) is 44.1 Å². The molecule has 10 heteroatoms. The quantitative estimate of drug-likeness (QED) is 0.161. The second-order valence-corrected chi connectivity index (χ2v) is 33.8. The highest BCUT2D eigenvalue weighted by molar-refractivity contribution is 7.00. The summed E-state index contributed by atoms with van der Waals surface area (Å²) in [7, 11) is 0. The van der Waals surface area contributed by atoms with E-state index in [1.807, 2.05) is 0 Å². The Morgan fingerprint density at radius 2 is 0.846 bits per heavy atom. The normalized spacial score (nSPS) is 13.7. The lowest BCUT2D eigenvalue weighted by Gasteiger charge is -2.33. The van der Waals surface area contributed by atoms with Crippen molar-refractivity contribution in [3.63, 3.8) is 0 Å². The molecule has 8 heterocycles. The van der Waals surface area contributed by atoms with Crippen molar-refractivity contribution in [2.75, 3.05) is 0 Å². The summed E-state index contributed by atoms with van der Waals surface area (Å²) < 4.78 is 24.8. The van der Waals surface area contributed by atoms with Crippen LogP contribution in [0, 0.1) is 0 Å². The molecule has 2 aliphatic rings. The van der Waals surface area contributed by atoms with Gasteiger partial charge in [0.15, 0.2) is 0 Å². The van der Waals surface area contributed by atoms with E-state index in [4.69, 9.17) is 18.8 Å². The highest BCUT2D eigenvalue weighted by Gasteiger charge is 2.42. The number of nitrogens with zero attached hydrogens (tertiary/aromatic N) is 6. The van der Waals surface area contributed by atoms with Crippen LogP contribution in [-0.4, -0.2) is 41.3 Å². The van der Waals surface area contributed by atoms with Crippen molar-refractivity contribution in [1.29, 1.82) is 0 Å². The Kier molecular flexibility index (Phi) is 11.8. The molecule has 0 N–H and O–H groups in total. The van der Waals surface area contributed by atoms with E-state index >= 15 is 0 Å². The molecule has 6 aromatic heterocycles. The van der Waals surface area contributed by atoms with Crippen LogP contribution in [0.25, 0.3) is 154 Å². The molecule has 0 saturated heterocycles. The van der Waals surface area contributed by atoms with Crippen molar-refractivity contribution in [2.24, 2.45) is 0 Å². The molecule has 8 nitrogen and oxygen atoms in total. The maximum Gasteiger partial charge on any atom is 0.251 e. The molecule has 20 aromatic rings. The molecule has 0 spiro atoms. The minimum atomic E-state index is -0.399. The zero-order valence-electron chi connectivity index (χ0n) is 60.4. The molecule has 2 aliphatic heterocycles. The van der Waals surface area contributed by atoms with Gasteiger partial charge in [-0.15, -0.1) is 0 Å². The topological polar surface area (TPSA) is 70.7 Å². The van der Waals surface area contributed by atoms with Gasteiger partial charge < -0.3 is 8.83 Å². The Labute approximate surface area is 601 Å². The predicted octanol–water partition coefficient (Wildman–Crippen LogP) is 19.7. The van der Waals surface area contributed by atoms with Crippen LogP contribution in [0.5, 0.6) is 0 Å². The highest BCUT2D eigenvalue weighted by Crippen LogP contribution is 2.44. The average Bonchev–Trinajstić information content (AvgIpc) is 1.36. The number of aromatic nitrogens is 6. The fourth-order valence-corrected chi connectivity index (χ4v) is 18.9. The number of imidazole rings is 2. The first kappa shape index (κ1) is 60.0. The van der Waals surface area contributed by atoms with Gasteiger partial charge in [-0.05, 0) is 160 Å². The van der Waals surface area contributed by atoms with Crippen molar-refractivity contribution in [3.8, 4) is 11.4 Å². The molecule has 14 aromatic carbocycles. The Morgan fingerprint density at radius 3 is 1.49 bits per heavy atom. The first-order chi connectivity index (χ1) is 50.2. The lowest BCUT2D eigenvalue weighted by Crippen LogP contribution is -2.57. The minimum Gasteiger partial charge on any atom is -0.457 e. The summed E-state index contributed by atoms with van der Waals surface area (Å²) in [6.07, 6.45) is 0.745. The van der Waals surface area contributed by atoms with Crippen LogP contribution in [-0.2, 0) is 28.1 Å². The molecule has 0 aliphatic carbocycles. The highest BCUT2D eigenvalue weighted by atomic mass is 16.3. The van der Waals surface area contributed by atoms with Crippen molar-refractivity contribution in [2.45, 2.75) is 104 Å². The van der Waals surface area contributed by atoms with Crippen LogP contribution in [0.1, 0.15) is 104 Å². The van der Waals surface area contributed by atoms with Crippen LogP contribution in [0.2, 0.25) is 0 Å². The standard InChI is InChI=1S/C94H74B2N6O2/c1-91(2,3)57-45-58(92(4,5)6)48-61(47-57)95-69-40-34-55-24-19-30-72-80(55)86(69)101(89-97-70-41-35-53-22-13-15-27-64(53)84(70)100(72)89)74-44-38-67-78-56(25-20-32-77(78)104-88(67)82(74)95)51-94(10,11)60-46-59(93(7,8)9)49-62(50-60)96-68-39-33-54-23-18-29-71-79(54)85(68)102(73-43-37-66-65-28-16-17-31-76(65)103-87(66)81(73)96)90-98-83-63-26-14-12-21-52(63)36-42-75(83)99(71)90/h12-50H,51H2,1-11H3. The summed E-state index contributed by atoms with van der Waals surface area (Å²) in [6.45, 7) is 25.7. The number of para-hydroxylation sites is 1. The Hall–Kier alpha value is -11.6. The molecule has 0 fully saturated rings. The number of fused-ring (bicyclic) bond motifs is 26. The van der Waals surface area contributed by atoms with E-state index in [1.54, 1.807) is 0 Å². The summed E-state index contributed by atoms with van der Waals surface area (Å²) in [5.41, 5.74) is 27.4.